The van der Waals surface area contributed by atoms with Crippen LogP contribution in [0.2, 0.25) is 0 Å². The molecule has 172 valence electrons. The maximum atomic E-state index is 11.5. The van der Waals surface area contributed by atoms with Gasteiger partial charge in [-0.15, -0.1) is 0 Å². The zero-order valence-electron chi connectivity index (χ0n) is 18.6. The topological polar surface area (TPSA) is 118 Å². The highest BCUT2D eigenvalue weighted by molar-refractivity contribution is 5.66. The summed E-state index contributed by atoms with van der Waals surface area (Å²) in [5.74, 6) is 0.307. The third-order valence-electron chi connectivity index (χ3n) is 10.4. The number of carboxylic acid groups (broad SMARTS) is 1. The summed E-state index contributed by atoms with van der Waals surface area (Å²) >= 11 is 0. The number of hydrogen-bond donors (Lipinski definition) is 5. The van der Waals surface area contributed by atoms with Crippen molar-refractivity contribution in [2.75, 3.05) is 0 Å². The van der Waals surface area contributed by atoms with E-state index in [1.165, 1.54) is 0 Å². The molecule has 0 unspecified atom stereocenters. The second-order valence-corrected chi connectivity index (χ2v) is 11.6. The smallest absolute Gasteiger partial charge is 0.303 e. The fourth-order valence-corrected chi connectivity index (χ4v) is 8.72. The number of aliphatic hydroxyl groups is 4. The Morgan fingerprint density at radius 1 is 0.967 bits per heavy atom. The second kappa shape index (κ2) is 7.72. The lowest BCUT2D eigenvalue weighted by molar-refractivity contribution is -0.219. The highest BCUT2D eigenvalue weighted by Crippen LogP contribution is 2.68. The Morgan fingerprint density at radius 2 is 1.63 bits per heavy atom. The highest BCUT2D eigenvalue weighted by Gasteiger charge is 2.66. The van der Waals surface area contributed by atoms with E-state index in [4.69, 9.17) is 5.11 Å². The number of carbonyl (C=O) groups is 1. The highest BCUT2D eigenvalue weighted by atomic mass is 16.4. The van der Waals surface area contributed by atoms with Gasteiger partial charge in [0.25, 0.3) is 0 Å². The van der Waals surface area contributed by atoms with Crippen LogP contribution < -0.4 is 0 Å². The molecular formula is C24H40O6. The van der Waals surface area contributed by atoms with Crippen LogP contribution in [-0.2, 0) is 4.79 Å². The lowest BCUT2D eigenvalue weighted by atomic mass is 9.43. The Labute approximate surface area is 179 Å². The normalized spacial score (nSPS) is 54.0. The van der Waals surface area contributed by atoms with Crippen molar-refractivity contribution >= 4 is 5.97 Å². The average Bonchev–Trinajstić information content (AvgIpc) is 3.02. The Balaban J connectivity index is 1.62. The van der Waals surface area contributed by atoms with Gasteiger partial charge in [0.2, 0.25) is 0 Å². The largest absolute Gasteiger partial charge is 0.481 e. The monoisotopic (exact) mass is 424 g/mol. The minimum Gasteiger partial charge on any atom is -0.481 e. The second-order valence-electron chi connectivity index (χ2n) is 11.6. The summed E-state index contributed by atoms with van der Waals surface area (Å²) in [7, 11) is 0. The minimum atomic E-state index is -0.773. The van der Waals surface area contributed by atoms with Crippen molar-refractivity contribution in [1.29, 1.82) is 0 Å². The summed E-state index contributed by atoms with van der Waals surface area (Å²) in [4.78, 5) is 11.1. The first-order valence-electron chi connectivity index (χ1n) is 11.9. The Hall–Kier alpha value is -0.690. The predicted molar refractivity (Wildman–Crippen MR) is 111 cm³/mol. The van der Waals surface area contributed by atoms with E-state index in [0.29, 0.717) is 32.1 Å². The third-order valence-corrected chi connectivity index (χ3v) is 10.4. The fourth-order valence-electron chi connectivity index (χ4n) is 8.72. The van der Waals surface area contributed by atoms with Gasteiger partial charge in [-0.05, 0) is 91.3 Å². The van der Waals surface area contributed by atoms with E-state index >= 15 is 0 Å². The molecule has 4 saturated carbocycles. The Bertz CT molecular complexity index is 668. The van der Waals surface area contributed by atoms with Crippen LogP contribution in [0.15, 0.2) is 0 Å². The van der Waals surface area contributed by atoms with Crippen LogP contribution in [0.1, 0.15) is 72.1 Å². The summed E-state index contributed by atoms with van der Waals surface area (Å²) < 4.78 is 0. The molecule has 0 radical (unpaired) electrons. The van der Waals surface area contributed by atoms with Gasteiger partial charge in [0.15, 0.2) is 0 Å². The predicted octanol–water partition coefficient (Wildman–Crippen LogP) is 2.42. The lowest BCUT2D eigenvalue weighted by Gasteiger charge is -2.64. The maximum Gasteiger partial charge on any atom is 0.303 e. The number of aliphatic carboxylic acids is 1. The van der Waals surface area contributed by atoms with E-state index in [0.717, 1.165) is 12.8 Å². The van der Waals surface area contributed by atoms with Gasteiger partial charge in [0.05, 0.1) is 24.4 Å². The van der Waals surface area contributed by atoms with Gasteiger partial charge in [-0.2, -0.15) is 0 Å². The first-order chi connectivity index (χ1) is 14.0. The van der Waals surface area contributed by atoms with Crippen LogP contribution in [0.4, 0.5) is 0 Å². The van der Waals surface area contributed by atoms with Crippen molar-refractivity contribution in [3.63, 3.8) is 0 Å². The summed E-state index contributed by atoms with van der Waals surface area (Å²) in [5.41, 5.74) is -0.492. The molecule has 4 rings (SSSR count). The molecule has 0 spiro atoms. The molecule has 0 bridgehead atoms. The van der Waals surface area contributed by atoms with Crippen LogP contribution >= 0.6 is 0 Å². The zero-order valence-corrected chi connectivity index (χ0v) is 18.6. The quantitative estimate of drug-likeness (QED) is 0.473. The van der Waals surface area contributed by atoms with Crippen molar-refractivity contribution in [3.05, 3.63) is 0 Å². The molecule has 4 aliphatic rings. The van der Waals surface area contributed by atoms with Crippen molar-refractivity contribution in [2.45, 2.75) is 96.6 Å². The van der Waals surface area contributed by atoms with Crippen molar-refractivity contribution < 1.29 is 30.3 Å². The molecule has 5 N–H and O–H groups in total. The molecule has 4 aliphatic carbocycles. The van der Waals surface area contributed by atoms with Gasteiger partial charge in [-0.25, -0.2) is 0 Å². The van der Waals surface area contributed by atoms with E-state index in [9.17, 15) is 25.2 Å². The van der Waals surface area contributed by atoms with Crippen molar-refractivity contribution in [2.24, 2.45) is 46.3 Å². The van der Waals surface area contributed by atoms with Crippen molar-refractivity contribution in [3.8, 4) is 0 Å². The Morgan fingerprint density at radius 3 is 2.30 bits per heavy atom. The van der Waals surface area contributed by atoms with Crippen LogP contribution in [0.5, 0.6) is 0 Å². The molecule has 0 amide bonds. The Kier molecular flexibility index (Phi) is 5.79. The minimum absolute atomic E-state index is 0.0961. The van der Waals surface area contributed by atoms with E-state index in [-0.39, 0.29) is 52.8 Å². The number of rotatable bonds is 4. The molecule has 0 heterocycles. The maximum absolute atomic E-state index is 11.5. The lowest BCUT2D eigenvalue weighted by Crippen LogP contribution is -2.63. The molecule has 0 aromatic rings. The SMILES string of the molecule is C[C@H](CCC(=O)O)[C@H]1CC[C@H]2[C@@H]3[C@H](O)C[C@@H]4C[C@H](O)[C@@H](O)C[C@]4(C)[C@H]3C[C@H](O)[C@]12C. The van der Waals surface area contributed by atoms with E-state index in [1.807, 2.05) is 0 Å². The summed E-state index contributed by atoms with van der Waals surface area (Å²) in [6.45, 7) is 6.50. The van der Waals surface area contributed by atoms with Crippen molar-refractivity contribution in [1.82, 2.24) is 0 Å². The molecule has 0 saturated heterocycles. The van der Waals surface area contributed by atoms with Crippen LogP contribution in [0, 0.1) is 46.3 Å². The molecule has 0 aromatic heterocycles. The van der Waals surface area contributed by atoms with Gasteiger partial charge < -0.3 is 25.5 Å². The van der Waals surface area contributed by atoms with E-state index < -0.39 is 30.4 Å². The summed E-state index contributed by atoms with van der Waals surface area (Å²) in [5, 5.41) is 52.5. The third kappa shape index (κ3) is 3.25. The summed E-state index contributed by atoms with van der Waals surface area (Å²) in [6, 6.07) is 0. The summed E-state index contributed by atoms with van der Waals surface area (Å²) in [6.07, 6.45) is 2.63. The molecular weight excluding hydrogens is 384 g/mol. The number of aliphatic hydroxyl groups excluding tert-OH is 4. The molecule has 0 aliphatic heterocycles. The molecule has 6 nitrogen and oxygen atoms in total. The van der Waals surface area contributed by atoms with Crippen LogP contribution in [-0.4, -0.2) is 55.9 Å². The van der Waals surface area contributed by atoms with Gasteiger partial charge in [-0.1, -0.05) is 20.8 Å². The van der Waals surface area contributed by atoms with E-state index in [2.05, 4.69) is 20.8 Å². The number of fused-ring (bicyclic) bond motifs is 5. The van der Waals surface area contributed by atoms with Gasteiger partial charge in [0, 0.05) is 6.42 Å². The molecule has 0 aromatic carbocycles. The zero-order chi connectivity index (χ0) is 22.0. The molecule has 4 fully saturated rings. The first kappa shape index (κ1) is 22.5. The average molecular weight is 425 g/mol. The van der Waals surface area contributed by atoms with Gasteiger partial charge in [-0.3, -0.25) is 4.79 Å². The molecule has 6 heteroatoms. The fraction of sp³-hybridized carbons (Fsp3) is 0.958. The van der Waals surface area contributed by atoms with Gasteiger partial charge in [0.1, 0.15) is 0 Å². The first-order valence-corrected chi connectivity index (χ1v) is 11.9. The van der Waals surface area contributed by atoms with Gasteiger partial charge >= 0.3 is 5.97 Å². The molecule has 12 atom stereocenters. The van der Waals surface area contributed by atoms with E-state index in [1.54, 1.807) is 0 Å². The number of hydrogen-bond acceptors (Lipinski definition) is 5. The van der Waals surface area contributed by atoms with Crippen LogP contribution in [0.25, 0.3) is 0 Å². The number of carboxylic acids is 1. The molecule has 30 heavy (non-hydrogen) atoms. The standard InChI is InChI=1S/C24H40O6/c1-12(4-7-21(29)30)14-5-6-15-22-16(10-20(28)24(14,15)3)23(2)11-19(27)17(25)8-13(23)9-18(22)26/h12-20,22,25-28H,4-11H2,1-3H3,(H,29,30)/t12-,13+,14-,15+,16+,17+,18-,19+,20+,22+,23+,24-/m1/s1. The van der Waals surface area contributed by atoms with Crippen LogP contribution in [0.3, 0.4) is 0 Å².